The Kier molecular flexibility index (Phi) is 8.87. The van der Waals surface area contributed by atoms with Crippen LogP contribution in [-0.2, 0) is 11.2 Å². The Morgan fingerprint density at radius 1 is 1.00 bits per heavy atom. The van der Waals surface area contributed by atoms with Gasteiger partial charge in [-0.1, -0.05) is 64.5 Å². The Morgan fingerprint density at radius 2 is 1.69 bits per heavy atom. The van der Waals surface area contributed by atoms with Crippen molar-refractivity contribution in [3.05, 3.63) is 40.5 Å². The Morgan fingerprint density at radius 3 is 2.42 bits per heavy atom. The molecule has 1 fully saturated rings. The first-order valence-corrected chi connectivity index (χ1v) is 14.4. The molecule has 1 heterocycles. The van der Waals surface area contributed by atoms with Crippen molar-refractivity contribution >= 4 is 28.2 Å². The second-order valence-corrected chi connectivity index (χ2v) is 11.7. The molecule has 2 N–H and O–H groups in total. The van der Waals surface area contributed by atoms with Crippen LogP contribution in [-0.4, -0.2) is 22.9 Å². The number of carbonyl (C=O) groups is 2. The summed E-state index contributed by atoms with van der Waals surface area (Å²) in [5, 5.41) is 15.0. The third-order valence-electron chi connectivity index (χ3n) is 8.77. The largest absolute Gasteiger partial charge is 0.393 e. The molecule has 4 nitrogen and oxygen atoms in total. The summed E-state index contributed by atoms with van der Waals surface area (Å²) in [5.74, 6) is 0.975. The fourth-order valence-corrected chi connectivity index (χ4v) is 6.48. The number of Topliss-reactive ketones (excluding diaryl/α,β-unsaturated/α-hetero) is 1. The van der Waals surface area contributed by atoms with Crippen LogP contribution in [0.2, 0.25) is 0 Å². The molecular weight excluding hydrogens is 446 g/mol. The standard InChI is InChI=1S/C32H45NO3/c1-20-16-25-18-29-30(35)17-21(2)32(36)33-31(29)26(15-9-7-5-6-8-12-22(3)34)28(25)19-27(20)23(4)24-13-10-11-14-24/h16,18-19,21-24,34H,5-15,17H2,1-4H3,(H,33,36). The van der Waals surface area contributed by atoms with Gasteiger partial charge in [0.25, 0.3) is 0 Å². The molecule has 1 aliphatic heterocycles. The first-order valence-electron chi connectivity index (χ1n) is 14.4. The highest BCUT2D eigenvalue weighted by Crippen LogP contribution is 2.42. The molecule has 4 heteroatoms. The molecule has 196 valence electrons. The number of benzene rings is 2. The van der Waals surface area contributed by atoms with Crippen LogP contribution in [0.3, 0.4) is 0 Å². The zero-order chi connectivity index (χ0) is 25.8. The van der Waals surface area contributed by atoms with E-state index < -0.39 is 0 Å². The zero-order valence-corrected chi connectivity index (χ0v) is 22.8. The molecule has 2 aromatic carbocycles. The average molecular weight is 492 g/mol. The highest BCUT2D eigenvalue weighted by atomic mass is 16.3. The minimum Gasteiger partial charge on any atom is -0.393 e. The number of hydrogen-bond donors (Lipinski definition) is 2. The number of carbonyl (C=O) groups excluding carboxylic acids is 2. The zero-order valence-electron chi connectivity index (χ0n) is 22.8. The predicted molar refractivity (Wildman–Crippen MR) is 149 cm³/mol. The summed E-state index contributed by atoms with van der Waals surface area (Å²) in [4.78, 5) is 26.0. The molecule has 0 bridgehead atoms. The average Bonchev–Trinajstić information content (AvgIpc) is 3.34. The third-order valence-corrected chi connectivity index (χ3v) is 8.77. The van der Waals surface area contributed by atoms with E-state index in [9.17, 15) is 14.7 Å². The van der Waals surface area contributed by atoms with E-state index in [-0.39, 0.29) is 30.1 Å². The molecule has 3 unspecified atom stereocenters. The number of fused-ring (bicyclic) bond motifs is 2. The SMILES string of the molecule is Cc1cc2cc3c(c(CCCCCCCC(C)O)c2cc1C(C)C1CCCC1)NC(=O)C(C)CC3=O. The maximum Gasteiger partial charge on any atom is 0.227 e. The lowest BCUT2D eigenvalue weighted by atomic mass is 9.82. The molecule has 2 aromatic rings. The highest BCUT2D eigenvalue weighted by molar-refractivity contribution is 6.14. The van der Waals surface area contributed by atoms with Crippen LogP contribution in [0.15, 0.2) is 18.2 Å². The molecule has 2 aliphatic rings. The van der Waals surface area contributed by atoms with Crippen LogP contribution >= 0.6 is 0 Å². The number of rotatable bonds is 10. The van der Waals surface area contributed by atoms with Gasteiger partial charge in [0.1, 0.15) is 0 Å². The van der Waals surface area contributed by atoms with E-state index >= 15 is 0 Å². The summed E-state index contributed by atoms with van der Waals surface area (Å²) in [5.41, 5.74) is 5.32. The number of anilines is 1. The lowest BCUT2D eigenvalue weighted by Gasteiger charge is -2.24. The fraction of sp³-hybridized carbons (Fsp3) is 0.625. The molecule has 0 aromatic heterocycles. The molecule has 3 atom stereocenters. The van der Waals surface area contributed by atoms with Gasteiger partial charge in [-0.25, -0.2) is 0 Å². The molecular formula is C32H45NO3. The monoisotopic (exact) mass is 491 g/mol. The summed E-state index contributed by atoms with van der Waals surface area (Å²) in [7, 11) is 0. The van der Waals surface area contributed by atoms with Crippen molar-refractivity contribution in [3.8, 4) is 0 Å². The van der Waals surface area contributed by atoms with E-state index in [1.165, 1.54) is 42.2 Å². The maximum atomic E-state index is 13.2. The molecule has 36 heavy (non-hydrogen) atoms. The van der Waals surface area contributed by atoms with Crippen molar-refractivity contribution < 1.29 is 14.7 Å². The van der Waals surface area contributed by atoms with E-state index in [1.807, 2.05) is 19.9 Å². The number of aliphatic hydroxyl groups is 1. The molecule has 1 amide bonds. The Bertz CT molecular complexity index is 1100. The van der Waals surface area contributed by atoms with Gasteiger partial charge in [-0.05, 0) is 91.3 Å². The molecule has 1 saturated carbocycles. The lowest BCUT2D eigenvalue weighted by molar-refractivity contribution is -0.119. The van der Waals surface area contributed by atoms with Crippen LogP contribution < -0.4 is 5.32 Å². The smallest absolute Gasteiger partial charge is 0.227 e. The van der Waals surface area contributed by atoms with Gasteiger partial charge >= 0.3 is 0 Å². The van der Waals surface area contributed by atoms with E-state index in [0.29, 0.717) is 11.5 Å². The van der Waals surface area contributed by atoms with Gasteiger partial charge in [-0.3, -0.25) is 9.59 Å². The van der Waals surface area contributed by atoms with Crippen molar-refractivity contribution in [2.24, 2.45) is 11.8 Å². The highest BCUT2D eigenvalue weighted by Gasteiger charge is 2.29. The number of unbranched alkanes of at least 4 members (excludes halogenated alkanes) is 4. The molecule has 0 spiro atoms. The van der Waals surface area contributed by atoms with Gasteiger partial charge in [-0.15, -0.1) is 0 Å². The number of amides is 1. The molecule has 4 rings (SSSR count). The van der Waals surface area contributed by atoms with E-state index in [4.69, 9.17) is 0 Å². The predicted octanol–water partition coefficient (Wildman–Crippen LogP) is 7.87. The third kappa shape index (κ3) is 6.02. The quantitative estimate of drug-likeness (QED) is 0.332. The number of aryl methyl sites for hydroxylation is 2. The summed E-state index contributed by atoms with van der Waals surface area (Å²) >= 11 is 0. The van der Waals surface area contributed by atoms with Gasteiger partial charge < -0.3 is 10.4 Å². The topological polar surface area (TPSA) is 66.4 Å². The molecule has 0 saturated heterocycles. The van der Waals surface area contributed by atoms with E-state index in [2.05, 4.69) is 31.3 Å². The van der Waals surface area contributed by atoms with E-state index in [0.717, 1.165) is 67.5 Å². The van der Waals surface area contributed by atoms with Crippen molar-refractivity contribution in [2.45, 2.75) is 117 Å². The maximum absolute atomic E-state index is 13.2. The Hall–Kier alpha value is -2.20. The Balaban J connectivity index is 1.68. The fourth-order valence-electron chi connectivity index (χ4n) is 6.48. The Labute approximate surface area is 217 Å². The second kappa shape index (κ2) is 11.9. The number of aliphatic hydroxyl groups excluding tert-OH is 1. The van der Waals surface area contributed by atoms with Crippen molar-refractivity contribution in [1.29, 1.82) is 0 Å². The normalized spacial score (nSPS) is 20.3. The minimum absolute atomic E-state index is 0.0486. The lowest BCUT2D eigenvalue weighted by Crippen LogP contribution is -2.19. The van der Waals surface area contributed by atoms with Crippen LogP contribution in [0.5, 0.6) is 0 Å². The van der Waals surface area contributed by atoms with Gasteiger partial charge in [0, 0.05) is 17.9 Å². The second-order valence-electron chi connectivity index (χ2n) is 11.7. The van der Waals surface area contributed by atoms with Gasteiger partial charge in [0.2, 0.25) is 5.91 Å². The minimum atomic E-state index is -0.311. The summed E-state index contributed by atoms with van der Waals surface area (Å²) in [6.45, 7) is 8.29. The number of hydrogen-bond acceptors (Lipinski definition) is 3. The van der Waals surface area contributed by atoms with E-state index in [1.54, 1.807) is 0 Å². The first-order chi connectivity index (χ1) is 17.3. The van der Waals surface area contributed by atoms with Gasteiger partial charge in [0.05, 0.1) is 11.8 Å². The van der Waals surface area contributed by atoms with Crippen molar-refractivity contribution in [1.82, 2.24) is 0 Å². The van der Waals surface area contributed by atoms with Gasteiger partial charge in [0.15, 0.2) is 5.78 Å². The first kappa shape index (κ1) is 26.9. The summed E-state index contributed by atoms with van der Waals surface area (Å²) < 4.78 is 0. The van der Waals surface area contributed by atoms with Crippen LogP contribution in [0.1, 0.15) is 124 Å². The van der Waals surface area contributed by atoms with Gasteiger partial charge in [-0.2, -0.15) is 0 Å². The van der Waals surface area contributed by atoms with Crippen LogP contribution in [0, 0.1) is 18.8 Å². The van der Waals surface area contributed by atoms with Crippen LogP contribution in [0.4, 0.5) is 5.69 Å². The summed E-state index contributed by atoms with van der Waals surface area (Å²) in [6, 6.07) is 6.69. The molecule has 0 radical (unpaired) electrons. The summed E-state index contributed by atoms with van der Waals surface area (Å²) in [6.07, 6.45) is 12.6. The van der Waals surface area contributed by atoms with Crippen molar-refractivity contribution in [2.75, 3.05) is 5.32 Å². The number of nitrogens with one attached hydrogen (secondary N) is 1. The van der Waals surface area contributed by atoms with Crippen molar-refractivity contribution in [3.63, 3.8) is 0 Å². The number of ketones is 1. The van der Waals surface area contributed by atoms with Crippen LogP contribution in [0.25, 0.3) is 10.8 Å². The molecule has 1 aliphatic carbocycles.